The number of benzene rings is 2. The van der Waals surface area contributed by atoms with Crippen molar-refractivity contribution < 1.29 is 9.59 Å². The minimum absolute atomic E-state index is 0.342. The average Bonchev–Trinajstić information content (AvgIpc) is 2.46. The Morgan fingerprint density at radius 1 is 1.05 bits per heavy atom. The minimum atomic E-state index is -0.342. The van der Waals surface area contributed by atoms with Crippen LogP contribution in [-0.4, -0.2) is 12.1 Å². The molecular weight excluding hydrogens is 236 g/mol. The first-order valence-electron chi connectivity index (χ1n) is 5.88. The van der Waals surface area contributed by atoms with Crippen LogP contribution < -0.4 is 0 Å². The fraction of sp³-hybridized carbons (Fsp3) is 0.0588. The molecule has 2 nitrogen and oxygen atoms in total. The summed E-state index contributed by atoms with van der Waals surface area (Å²) in [7, 11) is 0. The average molecular weight is 248 g/mol. The quantitative estimate of drug-likeness (QED) is 0.465. The van der Waals surface area contributed by atoms with E-state index in [4.69, 9.17) is 0 Å². The third-order valence-electron chi connectivity index (χ3n) is 2.79. The van der Waals surface area contributed by atoms with Gasteiger partial charge in [0.25, 0.3) is 0 Å². The lowest BCUT2D eigenvalue weighted by atomic mass is 10.0. The Balaban J connectivity index is 2.33. The van der Waals surface area contributed by atoms with Crippen LogP contribution in [0.4, 0.5) is 0 Å². The molecule has 2 rings (SSSR count). The molecule has 0 radical (unpaired) electrons. The van der Waals surface area contributed by atoms with Crippen LogP contribution in [-0.2, 0) is 0 Å². The number of aryl methyl sites for hydroxylation is 1. The number of rotatable bonds is 2. The second-order valence-electron chi connectivity index (χ2n) is 4.10. The molecule has 0 aliphatic carbocycles. The van der Waals surface area contributed by atoms with Crippen LogP contribution in [0.2, 0.25) is 0 Å². The van der Waals surface area contributed by atoms with E-state index in [1.807, 2.05) is 31.2 Å². The Kier molecular flexibility index (Phi) is 3.90. The lowest BCUT2D eigenvalue weighted by Gasteiger charge is -1.98. The van der Waals surface area contributed by atoms with Crippen LogP contribution in [0.3, 0.4) is 0 Å². The van der Waals surface area contributed by atoms with Gasteiger partial charge in [-0.3, -0.25) is 9.59 Å². The predicted molar refractivity (Wildman–Crippen MR) is 74.2 cm³/mol. The second-order valence-corrected chi connectivity index (χ2v) is 4.10. The highest BCUT2D eigenvalue weighted by molar-refractivity contribution is 6.13. The summed E-state index contributed by atoms with van der Waals surface area (Å²) in [5.41, 5.74) is 2.55. The first-order chi connectivity index (χ1) is 9.22. The Bertz CT molecular complexity index is 688. The van der Waals surface area contributed by atoms with Crippen molar-refractivity contribution in [3.63, 3.8) is 0 Å². The molecule has 0 spiro atoms. The van der Waals surface area contributed by atoms with E-state index in [-0.39, 0.29) is 5.78 Å². The van der Waals surface area contributed by atoms with Gasteiger partial charge in [0.15, 0.2) is 6.29 Å². The highest BCUT2D eigenvalue weighted by atomic mass is 16.1. The van der Waals surface area contributed by atoms with Gasteiger partial charge in [-0.1, -0.05) is 42.3 Å². The SMILES string of the molecule is Cc1ccccc1C#CC(=O)c1ccccc1C=O. The van der Waals surface area contributed by atoms with Crippen molar-refractivity contribution in [2.24, 2.45) is 0 Å². The molecule has 0 fully saturated rings. The van der Waals surface area contributed by atoms with Gasteiger partial charge in [-0.2, -0.15) is 0 Å². The van der Waals surface area contributed by atoms with Gasteiger partial charge in [-0.05, 0) is 30.5 Å². The van der Waals surface area contributed by atoms with Crippen molar-refractivity contribution in [1.29, 1.82) is 0 Å². The molecule has 0 N–H and O–H groups in total. The Hall–Kier alpha value is -2.66. The lowest BCUT2D eigenvalue weighted by molar-refractivity contribution is 0.104. The maximum absolute atomic E-state index is 12.0. The molecule has 2 aromatic rings. The van der Waals surface area contributed by atoms with E-state index >= 15 is 0 Å². The van der Waals surface area contributed by atoms with Gasteiger partial charge in [0.05, 0.1) is 0 Å². The summed E-state index contributed by atoms with van der Waals surface area (Å²) in [4.78, 5) is 22.8. The Morgan fingerprint density at radius 3 is 2.47 bits per heavy atom. The summed E-state index contributed by atoms with van der Waals surface area (Å²) >= 11 is 0. The van der Waals surface area contributed by atoms with Gasteiger partial charge in [0.1, 0.15) is 0 Å². The van der Waals surface area contributed by atoms with Crippen molar-refractivity contribution in [2.45, 2.75) is 6.92 Å². The smallest absolute Gasteiger partial charge is 0.236 e. The molecule has 0 saturated carbocycles. The molecule has 0 amide bonds. The van der Waals surface area contributed by atoms with Gasteiger partial charge in [0, 0.05) is 16.7 Å². The number of hydrogen-bond donors (Lipinski definition) is 0. The van der Waals surface area contributed by atoms with Gasteiger partial charge in [-0.25, -0.2) is 0 Å². The maximum Gasteiger partial charge on any atom is 0.236 e. The number of carbonyl (C=O) groups excluding carboxylic acids is 2. The van der Waals surface area contributed by atoms with Crippen molar-refractivity contribution in [1.82, 2.24) is 0 Å². The van der Waals surface area contributed by atoms with E-state index in [1.165, 1.54) is 0 Å². The summed E-state index contributed by atoms with van der Waals surface area (Å²) in [6.45, 7) is 1.94. The van der Waals surface area contributed by atoms with Gasteiger partial charge in [0.2, 0.25) is 5.78 Å². The number of carbonyl (C=O) groups is 2. The van der Waals surface area contributed by atoms with Crippen molar-refractivity contribution in [2.75, 3.05) is 0 Å². The molecule has 0 aliphatic heterocycles. The zero-order valence-corrected chi connectivity index (χ0v) is 10.5. The van der Waals surface area contributed by atoms with Crippen LogP contribution >= 0.6 is 0 Å². The molecule has 2 heteroatoms. The van der Waals surface area contributed by atoms with E-state index in [0.717, 1.165) is 11.1 Å². The van der Waals surface area contributed by atoms with Crippen LogP contribution in [0.15, 0.2) is 48.5 Å². The molecule has 0 bridgehead atoms. The van der Waals surface area contributed by atoms with Crippen LogP contribution in [0.1, 0.15) is 31.8 Å². The van der Waals surface area contributed by atoms with Crippen LogP contribution in [0.5, 0.6) is 0 Å². The van der Waals surface area contributed by atoms with Gasteiger partial charge in [-0.15, -0.1) is 0 Å². The van der Waals surface area contributed by atoms with Crippen LogP contribution in [0.25, 0.3) is 0 Å². The van der Waals surface area contributed by atoms with Crippen molar-refractivity contribution >= 4 is 12.1 Å². The van der Waals surface area contributed by atoms with E-state index in [0.29, 0.717) is 17.4 Å². The third-order valence-corrected chi connectivity index (χ3v) is 2.79. The van der Waals surface area contributed by atoms with E-state index in [9.17, 15) is 9.59 Å². The Labute approximate surface area is 112 Å². The molecule has 0 aliphatic rings. The van der Waals surface area contributed by atoms with Gasteiger partial charge >= 0.3 is 0 Å². The normalized spacial score (nSPS) is 9.32. The second kappa shape index (κ2) is 5.79. The van der Waals surface area contributed by atoms with E-state index in [2.05, 4.69) is 11.8 Å². The van der Waals surface area contributed by atoms with Crippen molar-refractivity contribution in [3.8, 4) is 11.8 Å². The number of hydrogen-bond acceptors (Lipinski definition) is 2. The first kappa shape index (κ1) is 12.8. The molecule has 0 atom stereocenters. The lowest BCUT2D eigenvalue weighted by Crippen LogP contribution is -2.00. The highest BCUT2D eigenvalue weighted by Crippen LogP contribution is 2.08. The topological polar surface area (TPSA) is 34.1 Å². The molecule has 2 aromatic carbocycles. The van der Waals surface area contributed by atoms with Crippen LogP contribution in [0, 0.1) is 18.8 Å². The standard InChI is InChI=1S/C17H12O2/c1-13-6-2-3-7-14(13)10-11-17(19)16-9-5-4-8-15(16)12-18/h2-9,12H,1H3. The Morgan fingerprint density at radius 2 is 1.74 bits per heavy atom. The van der Waals surface area contributed by atoms with E-state index < -0.39 is 0 Å². The number of aldehydes is 1. The summed E-state index contributed by atoms with van der Waals surface area (Å²) in [5.74, 6) is 5.09. The number of ketones is 1. The molecule has 0 heterocycles. The fourth-order valence-corrected chi connectivity index (χ4v) is 1.71. The minimum Gasteiger partial charge on any atom is -0.298 e. The molecule has 92 valence electrons. The third kappa shape index (κ3) is 2.97. The summed E-state index contributed by atoms with van der Waals surface area (Å²) < 4.78 is 0. The molecule has 0 aromatic heterocycles. The largest absolute Gasteiger partial charge is 0.298 e. The molecule has 19 heavy (non-hydrogen) atoms. The first-order valence-corrected chi connectivity index (χ1v) is 5.88. The summed E-state index contributed by atoms with van der Waals surface area (Å²) in [5, 5.41) is 0. The summed E-state index contributed by atoms with van der Waals surface area (Å²) in [6, 6.07) is 14.2. The van der Waals surface area contributed by atoms with E-state index in [1.54, 1.807) is 24.3 Å². The highest BCUT2D eigenvalue weighted by Gasteiger charge is 2.07. The monoisotopic (exact) mass is 248 g/mol. The zero-order chi connectivity index (χ0) is 13.7. The molecule has 0 unspecified atom stereocenters. The maximum atomic E-state index is 12.0. The molecular formula is C17H12O2. The summed E-state index contributed by atoms with van der Waals surface area (Å²) in [6.07, 6.45) is 0.669. The fourth-order valence-electron chi connectivity index (χ4n) is 1.71. The number of Topliss-reactive ketones (excluding diaryl/α,β-unsaturated/α-hetero) is 1. The van der Waals surface area contributed by atoms with Gasteiger partial charge < -0.3 is 0 Å². The van der Waals surface area contributed by atoms with Crippen molar-refractivity contribution in [3.05, 3.63) is 70.8 Å². The predicted octanol–water partition coefficient (Wildman–Crippen LogP) is 3.04. The zero-order valence-electron chi connectivity index (χ0n) is 10.5. The molecule has 0 saturated heterocycles.